The molecule has 2 aromatic rings. The maximum absolute atomic E-state index is 10.4. The van der Waals surface area contributed by atoms with Crippen LogP contribution in [0.3, 0.4) is 0 Å². The van der Waals surface area contributed by atoms with E-state index in [-0.39, 0.29) is 6.61 Å². The van der Waals surface area contributed by atoms with E-state index >= 15 is 0 Å². The molecule has 1 heterocycles. The summed E-state index contributed by atoms with van der Waals surface area (Å²) in [6.45, 7) is 10.6. The highest BCUT2D eigenvalue weighted by Crippen LogP contribution is 2.11. The summed E-state index contributed by atoms with van der Waals surface area (Å²) in [6.07, 6.45) is 7.99. The summed E-state index contributed by atoms with van der Waals surface area (Å²) in [6, 6.07) is 12.8. The molecule has 0 bridgehead atoms. The second kappa shape index (κ2) is 11.7. The molecular formula is C24H35N2O2+. The highest BCUT2D eigenvalue weighted by atomic mass is 16.5. The lowest BCUT2D eigenvalue weighted by molar-refractivity contribution is -0.917. The lowest BCUT2D eigenvalue weighted by Gasteiger charge is -2.24. The van der Waals surface area contributed by atoms with Crippen LogP contribution < -0.4 is 4.90 Å². The van der Waals surface area contributed by atoms with Crippen LogP contribution in [0.5, 0.6) is 0 Å². The van der Waals surface area contributed by atoms with Crippen LogP contribution in [0.25, 0.3) is 0 Å². The van der Waals surface area contributed by atoms with Crippen molar-refractivity contribution in [3.05, 3.63) is 59.4 Å². The number of aromatic nitrogens is 1. The monoisotopic (exact) mass is 383 g/mol. The second-order valence-electron chi connectivity index (χ2n) is 7.99. The summed E-state index contributed by atoms with van der Waals surface area (Å²) in [7, 11) is 0. The molecule has 0 aliphatic carbocycles. The number of aliphatic hydroxyl groups excluding tert-OH is 1. The fraction of sp³-hybridized carbons (Fsp3) is 0.500. The number of quaternary nitrogens is 1. The zero-order valence-corrected chi connectivity index (χ0v) is 17.5. The third-order valence-electron chi connectivity index (χ3n) is 5.05. The number of aryl methyl sites for hydroxylation is 1. The maximum atomic E-state index is 10.4. The van der Waals surface area contributed by atoms with Gasteiger partial charge in [-0.25, -0.2) is 0 Å². The Morgan fingerprint density at radius 3 is 2.71 bits per heavy atom. The predicted molar refractivity (Wildman–Crippen MR) is 114 cm³/mol. The molecule has 0 amide bonds. The Morgan fingerprint density at radius 2 is 2.00 bits per heavy atom. The summed E-state index contributed by atoms with van der Waals surface area (Å²) in [5.41, 5.74) is 3.94. The minimum atomic E-state index is -0.504. The quantitative estimate of drug-likeness (QED) is 0.436. The van der Waals surface area contributed by atoms with Gasteiger partial charge in [0, 0.05) is 12.7 Å². The van der Waals surface area contributed by atoms with Crippen molar-refractivity contribution in [2.45, 2.75) is 46.4 Å². The normalized spacial score (nSPS) is 13.4. The number of ether oxygens (including phenoxy) is 1. The van der Waals surface area contributed by atoms with Gasteiger partial charge in [0.05, 0.1) is 18.8 Å². The van der Waals surface area contributed by atoms with Crippen LogP contribution in [-0.4, -0.2) is 42.1 Å². The standard InChI is InChI=1S/C24H34N2O2/c1-5-15-28-19-24(27)18-25(14-12-20(2)3)17-23-11-8-13-26(23)16-22-10-7-6-9-21(22)4/h1,6-11,13,20,24,27H,12,14-19H2,2-4H3/p+1/t24-/m1/s1. The fourth-order valence-corrected chi connectivity index (χ4v) is 3.39. The molecule has 1 aromatic heterocycles. The first-order valence-electron chi connectivity index (χ1n) is 10.2. The van der Waals surface area contributed by atoms with Crippen molar-refractivity contribution in [1.29, 1.82) is 0 Å². The highest BCUT2D eigenvalue weighted by molar-refractivity contribution is 5.26. The average Bonchev–Trinajstić information content (AvgIpc) is 3.08. The van der Waals surface area contributed by atoms with Gasteiger partial charge in [0.15, 0.2) is 0 Å². The van der Waals surface area contributed by atoms with E-state index in [1.54, 1.807) is 0 Å². The predicted octanol–water partition coefficient (Wildman–Crippen LogP) is 2.29. The van der Waals surface area contributed by atoms with Gasteiger partial charge in [-0.3, -0.25) is 0 Å². The SMILES string of the molecule is C#CCOC[C@H](O)C[NH+](CCC(C)C)Cc1cccn1Cc1ccccc1C. The number of aliphatic hydroxyl groups is 1. The van der Waals surface area contributed by atoms with Gasteiger partial charge in [-0.05, 0) is 42.5 Å². The van der Waals surface area contributed by atoms with Gasteiger partial charge in [-0.2, -0.15) is 0 Å². The van der Waals surface area contributed by atoms with E-state index in [9.17, 15) is 5.11 Å². The van der Waals surface area contributed by atoms with E-state index in [1.165, 1.54) is 21.7 Å². The van der Waals surface area contributed by atoms with Gasteiger partial charge in [0.1, 0.15) is 25.8 Å². The van der Waals surface area contributed by atoms with Gasteiger partial charge >= 0.3 is 0 Å². The summed E-state index contributed by atoms with van der Waals surface area (Å²) >= 11 is 0. The first kappa shape index (κ1) is 22.2. The zero-order chi connectivity index (χ0) is 20.4. The number of benzene rings is 1. The summed E-state index contributed by atoms with van der Waals surface area (Å²) in [5, 5.41) is 10.4. The molecule has 0 radical (unpaired) electrons. The van der Waals surface area contributed by atoms with Crippen LogP contribution in [0.15, 0.2) is 42.6 Å². The molecule has 0 aliphatic rings. The number of nitrogens with zero attached hydrogens (tertiary/aromatic N) is 1. The van der Waals surface area contributed by atoms with Crippen LogP contribution in [-0.2, 0) is 17.8 Å². The molecular weight excluding hydrogens is 348 g/mol. The third-order valence-corrected chi connectivity index (χ3v) is 5.05. The van der Waals surface area contributed by atoms with Crippen molar-refractivity contribution >= 4 is 0 Å². The number of nitrogens with one attached hydrogen (secondary N) is 1. The van der Waals surface area contributed by atoms with Crippen molar-refractivity contribution in [3.63, 3.8) is 0 Å². The Kier molecular flexibility index (Phi) is 9.30. The van der Waals surface area contributed by atoms with Crippen LogP contribution in [0, 0.1) is 25.2 Å². The first-order valence-corrected chi connectivity index (χ1v) is 10.2. The molecule has 1 aromatic carbocycles. The Labute approximate surface area is 170 Å². The van der Waals surface area contributed by atoms with Crippen LogP contribution in [0.2, 0.25) is 0 Å². The van der Waals surface area contributed by atoms with E-state index in [2.05, 4.69) is 73.9 Å². The average molecular weight is 384 g/mol. The van der Waals surface area contributed by atoms with Gasteiger partial charge in [-0.1, -0.05) is 44.0 Å². The lowest BCUT2D eigenvalue weighted by atomic mass is 10.1. The second-order valence-corrected chi connectivity index (χ2v) is 7.99. The summed E-state index contributed by atoms with van der Waals surface area (Å²) < 4.78 is 7.64. The van der Waals surface area contributed by atoms with Gasteiger partial charge < -0.3 is 19.3 Å². The summed E-state index contributed by atoms with van der Waals surface area (Å²) in [4.78, 5) is 1.37. The minimum Gasteiger partial charge on any atom is -0.385 e. The molecule has 4 heteroatoms. The van der Waals surface area contributed by atoms with E-state index in [0.29, 0.717) is 19.1 Å². The highest BCUT2D eigenvalue weighted by Gasteiger charge is 2.18. The van der Waals surface area contributed by atoms with E-state index < -0.39 is 6.10 Å². The Bertz CT molecular complexity index is 745. The minimum absolute atomic E-state index is 0.248. The third kappa shape index (κ3) is 7.52. The molecule has 28 heavy (non-hydrogen) atoms. The molecule has 0 aliphatic heterocycles. The van der Waals surface area contributed by atoms with E-state index in [4.69, 9.17) is 11.2 Å². The van der Waals surface area contributed by atoms with Crippen molar-refractivity contribution < 1.29 is 14.7 Å². The Morgan fingerprint density at radius 1 is 1.21 bits per heavy atom. The van der Waals surface area contributed by atoms with Crippen molar-refractivity contribution in [1.82, 2.24) is 4.57 Å². The number of terminal acetylenes is 1. The molecule has 1 unspecified atom stereocenters. The fourth-order valence-electron chi connectivity index (χ4n) is 3.39. The zero-order valence-electron chi connectivity index (χ0n) is 17.5. The first-order chi connectivity index (χ1) is 13.5. The molecule has 4 nitrogen and oxygen atoms in total. The number of hydrogen-bond donors (Lipinski definition) is 2. The largest absolute Gasteiger partial charge is 0.385 e. The van der Waals surface area contributed by atoms with Crippen molar-refractivity contribution in [2.24, 2.45) is 5.92 Å². The van der Waals surface area contributed by atoms with Gasteiger partial charge in [-0.15, -0.1) is 6.42 Å². The molecule has 0 spiro atoms. The Hall–Kier alpha value is -2.06. The van der Waals surface area contributed by atoms with Gasteiger partial charge in [0.25, 0.3) is 0 Å². The maximum Gasteiger partial charge on any atom is 0.126 e. The van der Waals surface area contributed by atoms with E-state index in [1.807, 2.05) is 0 Å². The van der Waals surface area contributed by atoms with Crippen LogP contribution in [0.1, 0.15) is 37.1 Å². The van der Waals surface area contributed by atoms with Crippen LogP contribution in [0.4, 0.5) is 0 Å². The van der Waals surface area contributed by atoms with Crippen molar-refractivity contribution in [2.75, 3.05) is 26.3 Å². The molecule has 2 N–H and O–H groups in total. The van der Waals surface area contributed by atoms with Gasteiger partial charge in [0.2, 0.25) is 0 Å². The molecule has 0 saturated heterocycles. The Balaban J connectivity index is 2.03. The number of hydrogen-bond acceptors (Lipinski definition) is 2. The summed E-state index contributed by atoms with van der Waals surface area (Å²) in [5.74, 6) is 3.09. The van der Waals surface area contributed by atoms with Crippen LogP contribution >= 0.6 is 0 Å². The molecule has 2 rings (SSSR count). The molecule has 152 valence electrons. The lowest BCUT2D eigenvalue weighted by Crippen LogP contribution is -3.12. The molecule has 0 fully saturated rings. The van der Waals surface area contributed by atoms with Crippen molar-refractivity contribution in [3.8, 4) is 12.3 Å². The number of rotatable bonds is 12. The smallest absolute Gasteiger partial charge is 0.126 e. The van der Waals surface area contributed by atoms with E-state index in [0.717, 1.165) is 26.1 Å². The molecule has 2 atom stereocenters. The molecule has 0 saturated carbocycles. The topological polar surface area (TPSA) is 38.8 Å².